The van der Waals surface area contributed by atoms with Gasteiger partial charge in [0.05, 0.1) is 35.7 Å². The van der Waals surface area contributed by atoms with Crippen LogP contribution in [-0.2, 0) is 14.8 Å². The minimum absolute atomic E-state index is 0.113. The van der Waals surface area contributed by atoms with E-state index in [9.17, 15) is 13.2 Å². The zero-order valence-electron chi connectivity index (χ0n) is 17.3. The highest BCUT2D eigenvalue weighted by Gasteiger charge is 2.33. The predicted octanol–water partition coefficient (Wildman–Crippen LogP) is 2.53. The van der Waals surface area contributed by atoms with Crippen LogP contribution in [0.5, 0.6) is 0 Å². The summed E-state index contributed by atoms with van der Waals surface area (Å²) in [6, 6.07) is -0.195. The second-order valence-electron chi connectivity index (χ2n) is 7.95. The lowest BCUT2D eigenvalue weighted by Gasteiger charge is -2.31. The van der Waals surface area contributed by atoms with Gasteiger partial charge in [0.25, 0.3) is 15.6 Å². The Balaban J connectivity index is 1.41. The van der Waals surface area contributed by atoms with Crippen molar-refractivity contribution in [2.24, 2.45) is 5.92 Å². The van der Waals surface area contributed by atoms with Crippen molar-refractivity contribution in [1.29, 1.82) is 0 Å². The summed E-state index contributed by atoms with van der Waals surface area (Å²) >= 11 is 7.47. The van der Waals surface area contributed by atoms with Crippen LogP contribution in [0.15, 0.2) is 20.7 Å². The molecule has 2 aliphatic heterocycles. The van der Waals surface area contributed by atoms with Crippen molar-refractivity contribution in [3.63, 3.8) is 0 Å². The molecule has 2 aromatic rings. The molecule has 4 rings (SSSR count). The van der Waals surface area contributed by atoms with Crippen LogP contribution in [0.3, 0.4) is 0 Å². The number of anilines is 1. The maximum absolute atomic E-state index is 12.9. The Labute approximate surface area is 190 Å². The summed E-state index contributed by atoms with van der Waals surface area (Å²) in [5, 5.41) is 7.66. The van der Waals surface area contributed by atoms with Gasteiger partial charge in [-0.15, -0.1) is 11.3 Å². The van der Waals surface area contributed by atoms with Gasteiger partial charge < -0.3 is 10.1 Å². The van der Waals surface area contributed by atoms with Crippen molar-refractivity contribution in [3.8, 4) is 0 Å². The first-order valence-electron chi connectivity index (χ1n) is 10.4. The minimum Gasteiger partial charge on any atom is -0.382 e. The maximum atomic E-state index is 12.9. The molecule has 0 unspecified atom stereocenters. The standard InChI is InChI=1S/C19H26ClN5O4S2/c1-13-19(30-12-22-13)31(27,28)24-6-4-15(5-7-24)25-18(26)17(20)16(10-23-25)21-9-14-3-2-8-29-11-14/h10,12,14-15,21H,2-9,11H2,1H3/t14-/m1/s1. The van der Waals surface area contributed by atoms with Crippen LogP contribution in [0, 0.1) is 12.8 Å². The molecule has 12 heteroatoms. The second kappa shape index (κ2) is 9.53. The number of halogens is 1. The lowest BCUT2D eigenvalue weighted by atomic mass is 10.0. The summed E-state index contributed by atoms with van der Waals surface area (Å²) in [4.78, 5) is 16.9. The average molecular weight is 488 g/mol. The molecule has 1 atom stereocenters. The molecule has 2 aliphatic rings. The van der Waals surface area contributed by atoms with Gasteiger partial charge in [0.1, 0.15) is 5.02 Å². The molecule has 31 heavy (non-hydrogen) atoms. The number of rotatable bonds is 6. The molecule has 4 heterocycles. The fourth-order valence-electron chi connectivity index (χ4n) is 4.03. The molecule has 0 saturated carbocycles. The first-order chi connectivity index (χ1) is 14.9. The Kier molecular flexibility index (Phi) is 6.97. The molecule has 0 amide bonds. The first kappa shape index (κ1) is 22.7. The van der Waals surface area contributed by atoms with Crippen molar-refractivity contribution < 1.29 is 13.2 Å². The van der Waals surface area contributed by atoms with Gasteiger partial charge in [-0.3, -0.25) is 4.79 Å². The summed E-state index contributed by atoms with van der Waals surface area (Å²) in [5.74, 6) is 0.390. The number of piperidine rings is 1. The third-order valence-electron chi connectivity index (χ3n) is 5.82. The largest absolute Gasteiger partial charge is 0.382 e. The van der Waals surface area contributed by atoms with E-state index < -0.39 is 10.0 Å². The highest BCUT2D eigenvalue weighted by molar-refractivity contribution is 7.91. The summed E-state index contributed by atoms with van der Waals surface area (Å²) in [6.45, 7) is 4.52. The zero-order chi connectivity index (χ0) is 22.0. The van der Waals surface area contributed by atoms with Gasteiger partial charge in [-0.05, 0) is 38.5 Å². The Bertz CT molecular complexity index is 1070. The fraction of sp³-hybridized carbons (Fsp3) is 0.632. The quantitative estimate of drug-likeness (QED) is 0.667. The van der Waals surface area contributed by atoms with Crippen LogP contribution >= 0.6 is 22.9 Å². The molecular weight excluding hydrogens is 462 g/mol. The molecular formula is C19H26ClN5O4S2. The van der Waals surface area contributed by atoms with E-state index in [1.165, 1.54) is 14.5 Å². The van der Waals surface area contributed by atoms with Crippen LogP contribution < -0.4 is 10.9 Å². The molecule has 0 radical (unpaired) electrons. The fourth-order valence-corrected chi connectivity index (χ4v) is 7.05. The molecule has 9 nitrogen and oxygen atoms in total. The monoisotopic (exact) mass is 487 g/mol. The number of nitrogens with one attached hydrogen (secondary N) is 1. The Hall–Kier alpha value is -1.53. The molecule has 2 fully saturated rings. The molecule has 1 N–H and O–H groups in total. The van der Waals surface area contributed by atoms with Gasteiger partial charge in [-0.25, -0.2) is 18.1 Å². The number of sulfonamides is 1. The average Bonchev–Trinajstić information content (AvgIpc) is 3.22. The summed E-state index contributed by atoms with van der Waals surface area (Å²) in [6.07, 6.45) is 4.69. The van der Waals surface area contributed by atoms with E-state index in [4.69, 9.17) is 16.3 Å². The second-order valence-corrected chi connectivity index (χ2v) is 11.3. The van der Waals surface area contributed by atoms with E-state index in [0.29, 0.717) is 56.4 Å². The van der Waals surface area contributed by atoms with E-state index in [0.717, 1.165) is 30.8 Å². The number of ether oxygens (including phenoxy) is 1. The van der Waals surface area contributed by atoms with Crippen molar-refractivity contribution in [1.82, 2.24) is 19.1 Å². The number of thiazole rings is 1. The molecule has 2 aromatic heterocycles. The van der Waals surface area contributed by atoms with E-state index in [2.05, 4.69) is 15.4 Å². The molecule has 0 spiro atoms. The number of aryl methyl sites for hydroxylation is 1. The van der Waals surface area contributed by atoms with E-state index in [1.807, 2.05) is 0 Å². The third kappa shape index (κ3) is 4.80. The SMILES string of the molecule is Cc1ncsc1S(=O)(=O)N1CCC(n2ncc(NC[C@H]3CCCOC3)c(Cl)c2=O)CC1. The van der Waals surface area contributed by atoms with Gasteiger partial charge in [0.15, 0.2) is 4.21 Å². The Morgan fingerprint density at radius 1 is 1.32 bits per heavy atom. The molecule has 0 bridgehead atoms. The number of aromatic nitrogens is 3. The van der Waals surface area contributed by atoms with Crippen LogP contribution in [0.4, 0.5) is 5.69 Å². The zero-order valence-corrected chi connectivity index (χ0v) is 19.7. The molecule has 170 valence electrons. The van der Waals surface area contributed by atoms with Crippen LogP contribution in [-0.4, -0.2) is 60.3 Å². The normalized spacial score (nSPS) is 21.3. The first-order valence-corrected chi connectivity index (χ1v) is 13.1. The molecule has 0 aromatic carbocycles. The topological polar surface area (TPSA) is 106 Å². The lowest BCUT2D eigenvalue weighted by Crippen LogP contribution is -2.41. The van der Waals surface area contributed by atoms with Gasteiger partial charge in [0.2, 0.25) is 0 Å². The molecule has 2 saturated heterocycles. The van der Waals surface area contributed by atoms with Crippen LogP contribution in [0.25, 0.3) is 0 Å². The maximum Gasteiger partial charge on any atom is 0.287 e. The van der Waals surface area contributed by atoms with E-state index in [-0.39, 0.29) is 20.8 Å². The Morgan fingerprint density at radius 3 is 2.74 bits per heavy atom. The Morgan fingerprint density at radius 2 is 2.10 bits per heavy atom. The minimum atomic E-state index is -3.56. The number of nitrogens with zero attached hydrogens (tertiary/aromatic N) is 4. The van der Waals surface area contributed by atoms with Gasteiger partial charge in [0, 0.05) is 26.2 Å². The lowest BCUT2D eigenvalue weighted by molar-refractivity contribution is 0.0595. The van der Waals surface area contributed by atoms with E-state index in [1.54, 1.807) is 13.1 Å². The van der Waals surface area contributed by atoms with Crippen LogP contribution in [0.1, 0.15) is 37.4 Å². The van der Waals surface area contributed by atoms with Gasteiger partial charge >= 0.3 is 0 Å². The number of hydrogen-bond donors (Lipinski definition) is 1. The summed E-state index contributed by atoms with van der Waals surface area (Å²) in [5.41, 5.74) is 2.22. The van der Waals surface area contributed by atoms with E-state index >= 15 is 0 Å². The van der Waals surface area contributed by atoms with Crippen molar-refractivity contribution in [3.05, 3.63) is 32.8 Å². The van der Waals surface area contributed by atoms with Gasteiger partial charge in [-0.1, -0.05) is 11.6 Å². The summed E-state index contributed by atoms with van der Waals surface area (Å²) < 4.78 is 34.3. The highest BCUT2D eigenvalue weighted by atomic mass is 35.5. The van der Waals surface area contributed by atoms with Crippen molar-refractivity contribution in [2.75, 3.05) is 38.2 Å². The third-order valence-corrected chi connectivity index (χ3v) is 9.64. The summed E-state index contributed by atoms with van der Waals surface area (Å²) in [7, 11) is -3.56. The highest BCUT2D eigenvalue weighted by Crippen LogP contribution is 2.29. The number of hydrogen-bond acceptors (Lipinski definition) is 8. The van der Waals surface area contributed by atoms with Gasteiger partial charge in [-0.2, -0.15) is 9.40 Å². The molecule has 0 aliphatic carbocycles. The van der Waals surface area contributed by atoms with Crippen molar-refractivity contribution >= 4 is 38.6 Å². The predicted molar refractivity (Wildman–Crippen MR) is 119 cm³/mol. The van der Waals surface area contributed by atoms with Crippen molar-refractivity contribution in [2.45, 2.75) is 42.9 Å². The van der Waals surface area contributed by atoms with Crippen LogP contribution in [0.2, 0.25) is 5.02 Å². The smallest absolute Gasteiger partial charge is 0.287 e.